The number of hydrogen-bond acceptors (Lipinski definition) is 4. The van der Waals surface area contributed by atoms with E-state index < -0.39 is 0 Å². The van der Waals surface area contributed by atoms with Crippen LogP contribution < -0.4 is 4.80 Å². The molecule has 2 aromatic carbocycles. The molecule has 5 nitrogen and oxygen atoms in total. The number of rotatable bonds is 4. The van der Waals surface area contributed by atoms with Gasteiger partial charge in [-0.2, -0.15) is 4.99 Å². The van der Waals surface area contributed by atoms with Crippen molar-refractivity contribution >= 4 is 50.0 Å². The SMILES string of the molecule is COCCn1c(=NC(=O)c2ccc3nc(C)ccc3c2)sc2cccc(Cl)c21. The molecule has 142 valence electrons. The Kier molecular flexibility index (Phi) is 5.26. The molecule has 2 heterocycles. The van der Waals surface area contributed by atoms with E-state index in [9.17, 15) is 4.79 Å². The Balaban J connectivity index is 1.81. The summed E-state index contributed by atoms with van der Waals surface area (Å²) < 4.78 is 8.13. The van der Waals surface area contributed by atoms with Gasteiger partial charge in [-0.1, -0.05) is 35.1 Å². The molecule has 4 rings (SSSR count). The number of benzene rings is 2. The third-order valence-corrected chi connectivity index (χ3v) is 5.79. The van der Waals surface area contributed by atoms with Gasteiger partial charge in [-0.05, 0) is 43.3 Å². The van der Waals surface area contributed by atoms with Crippen LogP contribution in [0.25, 0.3) is 21.1 Å². The molecule has 0 aliphatic heterocycles. The van der Waals surface area contributed by atoms with Crippen LogP contribution in [0, 0.1) is 6.92 Å². The minimum absolute atomic E-state index is 0.295. The van der Waals surface area contributed by atoms with Crippen molar-refractivity contribution in [1.82, 2.24) is 9.55 Å². The van der Waals surface area contributed by atoms with Gasteiger partial charge in [0.1, 0.15) is 0 Å². The molecule has 0 aliphatic rings. The molecule has 0 aliphatic carbocycles. The lowest BCUT2D eigenvalue weighted by molar-refractivity contribution is 0.0997. The Morgan fingerprint density at radius 2 is 2.11 bits per heavy atom. The summed E-state index contributed by atoms with van der Waals surface area (Å²) in [6.45, 7) is 3.01. The fraction of sp³-hybridized carbons (Fsp3) is 0.190. The maximum absolute atomic E-state index is 12.9. The van der Waals surface area contributed by atoms with Gasteiger partial charge in [-0.3, -0.25) is 9.78 Å². The molecule has 1 amide bonds. The van der Waals surface area contributed by atoms with E-state index in [0.29, 0.717) is 28.5 Å². The molecule has 7 heteroatoms. The molecule has 0 radical (unpaired) electrons. The Morgan fingerprint density at radius 3 is 2.93 bits per heavy atom. The number of pyridine rings is 1. The van der Waals surface area contributed by atoms with Crippen molar-refractivity contribution < 1.29 is 9.53 Å². The van der Waals surface area contributed by atoms with Crippen LogP contribution in [-0.2, 0) is 11.3 Å². The largest absolute Gasteiger partial charge is 0.383 e. The summed E-state index contributed by atoms with van der Waals surface area (Å²) in [5.74, 6) is -0.295. The van der Waals surface area contributed by atoms with E-state index in [1.165, 1.54) is 11.3 Å². The number of methoxy groups -OCH3 is 1. The zero-order chi connectivity index (χ0) is 19.7. The van der Waals surface area contributed by atoms with Gasteiger partial charge in [0.15, 0.2) is 4.80 Å². The number of ether oxygens (including phenoxy) is 1. The summed E-state index contributed by atoms with van der Waals surface area (Å²) in [5.41, 5.74) is 3.20. The minimum Gasteiger partial charge on any atom is -0.383 e. The van der Waals surface area contributed by atoms with Gasteiger partial charge in [0.2, 0.25) is 0 Å². The van der Waals surface area contributed by atoms with Crippen molar-refractivity contribution in [3.63, 3.8) is 0 Å². The lowest BCUT2D eigenvalue weighted by Crippen LogP contribution is -2.19. The number of hydrogen-bond donors (Lipinski definition) is 0. The normalized spacial score (nSPS) is 12.2. The van der Waals surface area contributed by atoms with Gasteiger partial charge < -0.3 is 9.30 Å². The summed E-state index contributed by atoms with van der Waals surface area (Å²) in [5, 5.41) is 1.55. The molecule has 0 spiro atoms. The Bertz CT molecular complexity index is 1260. The monoisotopic (exact) mass is 411 g/mol. The fourth-order valence-corrected chi connectivity index (χ4v) is 4.49. The van der Waals surface area contributed by atoms with Crippen LogP contribution in [-0.4, -0.2) is 29.2 Å². The Hall–Kier alpha value is -2.54. The number of thiazole rings is 1. The number of halogens is 1. The average Bonchev–Trinajstić information content (AvgIpc) is 3.04. The van der Waals surface area contributed by atoms with Crippen LogP contribution in [0.3, 0.4) is 0 Å². The van der Waals surface area contributed by atoms with Crippen LogP contribution >= 0.6 is 22.9 Å². The van der Waals surface area contributed by atoms with Gasteiger partial charge >= 0.3 is 0 Å². The second kappa shape index (κ2) is 7.83. The van der Waals surface area contributed by atoms with E-state index in [0.717, 1.165) is 26.8 Å². The number of nitrogens with zero attached hydrogens (tertiary/aromatic N) is 3. The Morgan fingerprint density at radius 1 is 1.25 bits per heavy atom. The zero-order valence-electron chi connectivity index (χ0n) is 15.5. The number of aryl methyl sites for hydroxylation is 1. The standard InChI is InChI=1S/C21H18ClN3O2S/c1-13-6-7-14-12-15(8-9-17(14)23-13)20(26)24-21-25(10-11-27-2)19-16(22)4-3-5-18(19)28-21/h3-9,12H,10-11H2,1-2H3. The predicted molar refractivity (Wildman–Crippen MR) is 113 cm³/mol. The molecular formula is C21H18ClN3O2S. The summed E-state index contributed by atoms with van der Waals surface area (Å²) in [6.07, 6.45) is 0. The third-order valence-electron chi connectivity index (χ3n) is 4.44. The molecule has 0 saturated heterocycles. The van der Waals surface area contributed by atoms with Crippen molar-refractivity contribution in [3.8, 4) is 0 Å². The van der Waals surface area contributed by atoms with Gasteiger partial charge in [-0.15, -0.1) is 0 Å². The third kappa shape index (κ3) is 3.58. The highest BCUT2D eigenvalue weighted by Gasteiger charge is 2.12. The van der Waals surface area contributed by atoms with Gasteiger partial charge in [0.25, 0.3) is 5.91 Å². The van der Waals surface area contributed by atoms with E-state index >= 15 is 0 Å². The number of para-hydroxylation sites is 1. The molecule has 28 heavy (non-hydrogen) atoms. The highest BCUT2D eigenvalue weighted by molar-refractivity contribution is 7.16. The van der Waals surface area contributed by atoms with Gasteiger partial charge in [0, 0.05) is 30.3 Å². The molecule has 0 atom stereocenters. The van der Waals surface area contributed by atoms with E-state index in [4.69, 9.17) is 16.3 Å². The summed E-state index contributed by atoms with van der Waals surface area (Å²) in [6, 6.07) is 15.0. The second-order valence-electron chi connectivity index (χ2n) is 6.39. The smallest absolute Gasteiger partial charge is 0.279 e. The van der Waals surface area contributed by atoms with Crippen LogP contribution in [0.15, 0.2) is 53.5 Å². The maximum Gasteiger partial charge on any atom is 0.279 e. The molecule has 0 fully saturated rings. The first-order chi connectivity index (χ1) is 13.6. The van der Waals surface area contributed by atoms with E-state index in [2.05, 4.69) is 9.98 Å². The first-order valence-corrected chi connectivity index (χ1v) is 9.99. The molecule has 0 saturated carbocycles. The predicted octanol–water partition coefficient (Wildman–Crippen LogP) is 4.60. The molecule has 2 aromatic heterocycles. The van der Waals surface area contributed by atoms with Crippen molar-refractivity contribution in [2.24, 2.45) is 4.99 Å². The fourth-order valence-electron chi connectivity index (χ4n) is 3.07. The van der Waals surface area contributed by atoms with Crippen molar-refractivity contribution in [2.45, 2.75) is 13.5 Å². The number of carbonyl (C=O) groups excluding carboxylic acids is 1. The van der Waals surface area contributed by atoms with Crippen molar-refractivity contribution in [3.05, 3.63) is 69.6 Å². The van der Waals surface area contributed by atoms with Crippen LogP contribution in [0.4, 0.5) is 0 Å². The molecule has 4 aromatic rings. The van der Waals surface area contributed by atoms with E-state index in [-0.39, 0.29) is 5.91 Å². The number of carbonyl (C=O) groups is 1. The maximum atomic E-state index is 12.9. The summed E-state index contributed by atoms with van der Waals surface area (Å²) in [4.78, 5) is 22.3. The van der Waals surface area contributed by atoms with Crippen molar-refractivity contribution in [1.29, 1.82) is 0 Å². The number of fused-ring (bicyclic) bond motifs is 2. The lowest BCUT2D eigenvalue weighted by atomic mass is 10.1. The molecular weight excluding hydrogens is 394 g/mol. The quantitative estimate of drug-likeness (QED) is 0.493. The summed E-state index contributed by atoms with van der Waals surface area (Å²) >= 11 is 7.84. The minimum atomic E-state index is -0.295. The zero-order valence-corrected chi connectivity index (χ0v) is 17.0. The molecule has 0 N–H and O–H groups in total. The number of aromatic nitrogens is 2. The molecule has 0 bridgehead atoms. The van der Waals surface area contributed by atoms with Crippen LogP contribution in [0.1, 0.15) is 16.1 Å². The average molecular weight is 412 g/mol. The van der Waals surface area contributed by atoms with Gasteiger partial charge in [-0.25, -0.2) is 0 Å². The van der Waals surface area contributed by atoms with E-state index in [1.54, 1.807) is 13.2 Å². The second-order valence-corrected chi connectivity index (χ2v) is 7.81. The Labute approximate surface area is 170 Å². The van der Waals surface area contributed by atoms with Crippen LogP contribution in [0.5, 0.6) is 0 Å². The van der Waals surface area contributed by atoms with Crippen LogP contribution in [0.2, 0.25) is 5.02 Å². The lowest BCUT2D eigenvalue weighted by Gasteiger charge is -2.05. The topological polar surface area (TPSA) is 56.5 Å². The van der Waals surface area contributed by atoms with Gasteiger partial charge in [0.05, 0.1) is 27.4 Å². The first kappa shape index (κ1) is 18.8. The first-order valence-electron chi connectivity index (χ1n) is 8.80. The highest BCUT2D eigenvalue weighted by Crippen LogP contribution is 2.25. The summed E-state index contributed by atoms with van der Waals surface area (Å²) in [7, 11) is 1.64. The number of amides is 1. The van der Waals surface area contributed by atoms with Crippen molar-refractivity contribution in [2.75, 3.05) is 13.7 Å². The highest BCUT2D eigenvalue weighted by atomic mass is 35.5. The van der Waals surface area contributed by atoms with E-state index in [1.807, 2.05) is 54.0 Å². The molecule has 0 unspecified atom stereocenters.